The van der Waals surface area contributed by atoms with Crippen LogP contribution >= 0.6 is 0 Å². The van der Waals surface area contributed by atoms with Crippen molar-refractivity contribution in [1.82, 2.24) is 19.6 Å². The van der Waals surface area contributed by atoms with Crippen LogP contribution in [0.4, 0.5) is 0 Å². The second-order valence-electron chi connectivity index (χ2n) is 7.83. The summed E-state index contributed by atoms with van der Waals surface area (Å²) in [5, 5.41) is 15.4. The van der Waals surface area contributed by atoms with Gasteiger partial charge in [0.1, 0.15) is 5.60 Å². The molecule has 3 rings (SSSR count). The normalized spacial score (nSPS) is 24.8. The Hall–Kier alpha value is -1.44. The second kappa shape index (κ2) is 8.50. The van der Waals surface area contributed by atoms with Crippen LogP contribution in [0.1, 0.15) is 37.1 Å². The van der Waals surface area contributed by atoms with Gasteiger partial charge in [-0.05, 0) is 52.3 Å². The van der Waals surface area contributed by atoms with Crippen LogP contribution in [0.3, 0.4) is 0 Å². The number of rotatable bonds is 6. The number of ether oxygens (including phenoxy) is 1. The molecule has 2 fully saturated rings. The number of aromatic nitrogens is 2. The van der Waals surface area contributed by atoms with Crippen molar-refractivity contribution in [1.29, 1.82) is 0 Å². The Morgan fingerprint density at radius 2 is 2.08 bits per heavy atom. The number of hydrogen-bond acceptors (Lipinski definition) is 5. The molecule has 1 aromatic heterocycles. The van der Waals surface area contributed by atoms with Gasteiger partial charge in [-0.2, -0.15) is 5.10 Å². The monoisotopic (exact) mass is 364 g/mol. The van der Waals surface area contributed by atoms with E-state index in [4.69, 9.17) is 4.74 Å². The first-order valence-corrected chi connectivity index (χ1v) is 9.76. The second-order valence-corrected chi connectivity index (χ2v) is 7.83. The highest BCUT2D eigenvalue weighted by atomic mass is 16.5. The number of likely N-dealkylation sites (tertiary alicyclic amines) is 1. The van der Waals surface area contributed by atoms with Gasteiger partial charge in [0.15, 0.2) is 0 Å². The fourth-order valence-corrected chi connectivity index (χ4v) is 4.02. The average molecular weight is 364 g/mol. The molecular formula is C19H32N4O3. The maximum Gasteiger partial charge on any atom is 0.222 e. The minimum Gasteiger partial charge on any atom is -0.384 e. The molecule has 7 nitrogen and oxygen atoms in total. The third-order valence-electron chi connectivity index (χ3n) is 5.29. The third-order valence-corrected chi connectivity index (χ3v) is 5.29. The molecule has 0 aromatic carbocycles. The average Bonchev–Trinajstić information content (AvgIpc) is 3.14. The van der Waals surface area contributed by atoms with Gasteiger partial charge in [0.05, 0.1) is 25.5 Å². The Balaban J connectivity index is 1.51. The molecule has 146 valence electrons. The van der Waals surface area contributed by atoms with E-state index in [0.29, 0.717) is 39.3 Å². The summed E-state index contributed by atoms with van der Waals surface area (Å²) >= 11 is 0. The predicted molar refractivity (Wildman–Crippen MR) is 99.0 cm³/mol. The molecule has 1 unspecified atom stereocenters. The Kier molecular flexibility index (Phi) is 6.32. The SMILES string of the molecule is Cc1cc(C)n(CCCC(=O)N2CCOCC(O)(CN3CCCC3)C2)n1. The summed E-state index contributed by atoms with van der Waals surface area (Å²) in [5.41, 5.74) is 1.16. The lowest BCUT2D eigenvalue weighted by molar-refractivity contribution is -0.134. The zero-order valence-corrected chi connectivity index (χ0v) is 16.1. The van der Waals surface area contributed by atoms with Crippen molar-refractivity contribution >= 4 is 5.91 Å². The lowest BCUT2D eigenvalue weighted by Gasteiger charge is -2.34. The van der Waals surface area contributed by atoms with Gasteiger partial charge in [-0.3, -0.25) is 9.48 Å². The van der Waals surface area contributed by atoms with Gasteiger partial charge in [0, 0.05) is 31.7 Å². The molecule has 2 aliphatic rings. The molecule has 1 N–H and O–H groups in total. The quantitative estimate of drug-likeness (QED) is 0.814. The van der Waals surface area contributed by atoms with E-state index in [1.165, 1.54) is 12.8 Å². The van der Waals surface area contributed by atoms with Gasteiger partial charge in [0.25, 0.3) is 0 Å². The summed E-state index contributed by atoms with van der Waals surface area (Å²) in [6.07, 6.45) is 3.60. The molecule has 2 saturated heterocycles. The zero-order valence-electron chi connectivity index (χ0n) is 16.1. The van der Waals surface area contributed by atoms with Gasteiger partial charge >= 0.3 is 0 Å². The van der Waals surface area contributed by atoms with Crippen molar-refractivity contribution in [3.63, 3.8) is 0 Å². The first kappa shape index (κ1) is 19.3. The van der Waals surface area contributed by atoms with Crippen LogP contribution in [0.5, 0.6) is 0 Å². The van der Waals surface area contributed by atoms with Crippen LogP contribution in [-0.4, -0.2) is 82.1 Å². The Labute approximate surface area is 155 Å². The van der Waals surface area contributed by atoms with Crippen molar-refractivity contribution in [2.45, 2.75) is 51.7 Å². The summed E-state index contributed by atoms with van der Waals surface area (Å²) in [6, 6.07) is 2.05. The van der Waals surface area contributed by atoms with E-state index in [0.717, 1.165) is 37.4 Å². The highest BCUT2D eigenvalue weighted by molar-refractivity contribution is 5.76. The molecule has 2 aliphatic heterocycles. The number of nitrogens with zero attached hydrogens (tertiary/aromatic N) is 4. The maximum absolute atomic E-state index is 12.7. The smallest absolute Gasteiger partial charge is 0.222 e. The molecule has 26 heavy (non-hydrogen) atoms. The molecule has 1 atom stereocenters. The summed E-state index contributed by atoms with van der Waals surface area (Å²) in [4.78, 5) is 16.7. The Bertz CT molecular complexity index is 612. The molecule has 0 radical (unpaired) electrons. The minimum atomic E-state index is -0.966. The van der Waals surface area contributed by atoms with Crippen LogP contribution in [0.2, 0.25) is 0 Å². The number of aliphatic hydroxyl groups is 1. The summed E-state index contributed by atoms with van der Waals surface area (Å²) in [5.74, 6) is 0.0943. The van der Waals surface area contributed by atoms with Crippen LogP contribution < -0.4 is 0 Å². The van der Waals surface area contributed by atoms with Gasteiger partial charge in [-0.1, -0.05) is 0 Å². The summed E-state index contributed by atoms with van der Waals surface area (Å²) in [7, 11) is 0. The number of aryl methyl sites for hydroxylation is 3. The number of carbonyl (C=O) groups is 1. The van der Waals surface area contributed by atoms with E-state index in [2.05, 4.69) is 10.00 Å². The van der Waals surface area contributed by atoms with E-state index >= 15 is 0 Å². The molecule has 0 bridgehead atoms. The van der Waals surface area contributed by atoms with Crippen LogP contribution in [0.25, 0.3) is 0 Å². The molecule has 0 aliphatic carbocycles. The van der Waals surface area contributed by atoms with Crippen molar-refractivity contribution in [2.24, 2.45) is 0 Å². The van der Waals surface area contributed by atoms with Gasteiger partial charge in [-0.15, -0.1) is 0 Å². The van der Waals surface area contributed by atoms with Crippen LogP contribution in [-0.2, 0) is 16.1 Å². The molecule has 0 spiro atoms. The fourth-order valence-electron chi connectivity index (χ4n) is 4.02. The van der Waals surface area contributed by atoms with E-state index in [1.807, 2.05) is 24.6 Å². The number of hydrogen-bond donors (Lipinski definition) is 1. The highest BCUT2D eigenvalue weighted by Gasteiger charge is 2.36. The van der Waals surface area contributed by atoms with Crippen molar-refractivity contribution in [2.75, 3.05) is 45.9 Å². The van der Waals surface area contributed by atoms with Crippen molar-refractivity contribution in [3.05, 3.63) is 17.5 Å². The molecule has 1 amide bonds. The minimum absolute atomic E-state index is 0.0943. The number of amides is 1. The predicted octanol–water partition coefficient (Wildman–Crippen LogP) is 0.966. The van der Waals surface area contributed by atoms with Gasteiger partial charge in [-0.25, -0.2) is 0 Å². The summed E-state index contributed by atoms with van der Waals surface area (Å²) in [6.45, 7) is 9.11. The highest BCUT2D eigenvalue weighted by Crippen LogP contribution is 2.18. The molecule has 0 saturated carbocycles. The van der Waals surface area contributed by atoms with E-state index < -0.39 is 5.60 Å². The van der Waals surface area contributed by atoms with Gasteiger partial charge < -0.3 is 19.6 Å². The summed E-state index contributed by atoms with van der Waals surface area (Å²) < 4.78 is 7.56. The number of β-amino-alcohol motifs (C(OH)–C–C–N with tert-alkyl or cyclic N) is 1. The largest absolute Gasteiger partial charge is 0.384 e. The number of carbonyl (C=O) groups excluding carboxylic acids is 1. The van der Waals surface area contributed by atoms with Crippen molar-refractivity contribution in [3.8, 4) is 0 Å². The molecular weight excluding hydrogens is 332 g/mol. The van der Waals surface area contributed by atoms with E-state index in [1.54, 1.807) is 4.90 Å². The first-order chi connectivity index (χ1) is 12.5. The van der Waals surface area contributed by atoms with Crippen LogP contribution in [0, 0.1) is 13.8 Å². The van der Waals surface area contributed by atoms with E-state index in [9.17, 15) is 9.90 Å². The molecule has 1 aromatic rings. The first-order valence-electron chi connectivity index (χ1n) is 9.76. The maximum atomic E-state index is 12.7. The lowest BCUT2D eigenvalue weighted by atomic mass is 10.0. The fraction of sp³-hybridized carbons (Fsp3) is 0.789. The zero-order chi connectivity index (χ0) is 18.6. The molecule has 7 heteroatoms. The lowest BCUT2D eigenvalue weighted by Crippen LogP contribution is -2.53. The standard InChI is InChI=1S/C19H32N4O3/c1-16-12-17(2)23(20-16)9-5-6-18(24)22-10-11-26-15-19(25,14-22)13-21-7-3-4-8-21/h12,25H,3-11,13-15H2,1-2H3. The van der Waals surface area contributed by atoms with Gasteiger partial charge in [0.2, 0.25) is 5.91 Å². The Morgan fingerprint density at radius 1 is 1.31 bits per heavy atom. The van der Waals surface area contributed by atoms with Crippen LogP contribution in [0.15, 0.2) is 6.07 Å². The Morgan fingerprint density at radius 3 is 2.77 bits per heavy atom. The van der Waals surface area contributed by atoms with Crippen molar-refractivity contribution < 1.29 is 14.6 Å². The molecule has 3 heterocycles. The topological polar surface area (TPSA) is 70.8 Å². The van der Waals surface area contributed by atoms with E-state index in [-0.39, 0.29) is 5.91 Å². The third kappa shape index (κ3) is 5.05.